The Bertz CT molecular complexity index is 675. The van der Waals surface area contributed by atoms with E-state index in [4.69, 9.17) is 4.74 Å². The quantitative estimate of drug-likeness (QED) is 0.792. The van der Waals surface area contributed by atoms with Crippen molar-refractivity contribution in [2.24, 2.45) is 0 Å². The third-order valence-electron chi connectivity index (χ3n) is 3.51. The molecule has 2 nitrogen and oxygen atoms in total. The summed E-state index contributed by atoms with van der Waals surface area (Å²) in [6.45, 7) is 0.140. The standard InChI is InChI=1S/C16H11F3O2/c17-16(18,19)11-7-5-10(6-8-11)13-9-21-14-4-2-1-3-12(14)15(13)20/h1-8,13H,9H2. The first-order chi connectivity index (χ1) is 9.97. The predicted molar refractivity (Wildman–Crippen MR) is 70.5 cm³/mol. The number of carbonyl (C=O) groups is 1. The zero-order valence-electron chi connectivity index (χ0n) is 10.9. The van der Waals surface area contributed by atoms with E-state index in [9.17, 15) is 18.0 Å². The van der Waals surface area contributed by atoms with Gasteiger partial charge in [-0.3, -0.25) is 4.79 Å². The second kappa shape index (κ2) is 4.91. The van der Waals surface area contributed by atoms with Gasteiger partial charge in [-0.2, -0.15) is 13.2 Å². The molecule has 0 amide bonds. The molecule has 1 aliphatic rings. The van der Waals surface area contributed by atoms with Gasteiger partial charge in [-0.1, -0.05) is 24.3 Å². The molecular weight excluding hydrogens is 281 g/mol. The average molecular weight is 292 g/mol. The lowest BCUT2D eigenvalue weighted by atomic mass is 9.88. The molecular formula is C16H11F3O2. The molecule has 2 aromatic carbocycles. The van der Waals surface area contributed by atoms with Gasteiger partial charge in [-0.15, -0.1) is 0 Å². The Morgan fingerprint density at radius 2 is 1.67 bits per heavy atom. The lowest BCUT2D eigenvalue weighted by Gasteiger charge is -2.24. The molecule has 1 unspecified atom stereocenters. The lowest BCUT2D eigenvalue weighted by molar-refractivity contribution is -0.137. The van der Waals surface area contributed by atoms with Crippen LogP contribution in [0.25, 0.3) is 0 Å². The second-order valence-corrected chi connectivity index (χ2v) is 4.84. The number of carbonyl (C=O) groups excluding carboxylic acids is 1. The van der Waals surface area contributed by atoms with E-state index < -0.39 is 17.7 Å². The molecule has 0 spiro atoms. The molecule has 1 aliphatic heterocycles. The fourth-order valence-electron chi connectivity index (χ4n) is 2.38. The normalized spacial score (nSPS) is 18.0. The summed E-state index contributed by atoms with van der Waals surface area (Å²) in [6, 6.07) is 11.5. The van der Waals surface area contributed by atoms with Gasteiger partial charge in [0.15, 0.2) is 5.78 Å². The SMILES string of the molecule is O=C1c2ccccc2OCC1c1ccc(C(F)(F)F)cc1. The maximum absolute atomic E-state index is 12.5. The van der Waals surface area contributed by atoms with Crippen LogP contribution in [0.2, 0.25) is 0 Å². The van der Waals surface area contributed by atoms with Crippen LogP contribution in [0.5, 0.6) is 5.75 Å². The number of para-hydroxylation sites is 1. The fourth-order valence-corrected chi connectivity index (χ4v) is 2.38. The van der Waals surface area contributed by atoms with Gasteiger partial charge in [0, 0.05) is 0 Å². The number of rotatable bonds is 1. The van der Waals surface area contributed by atoms with Crippen LogP contribution >= 0.6 is 0 Å². The first-order valence-corrected chi connectivity index (χ1v) is 6.40. The number of alkyl halides is 3. The molecule has 0 bridgehead atoms. The average Bonchev–Trinajstić information content (AvgIpc) is 2.47. The number of fused-ring (bicyclic) bond motifs is 1. The van der Waals surface area contributed by atoms with Crippen LogP contribution in [0.1, 0.15) is 27.4 Å². The lowest BCUT2D eigenvalue weighted by Crippen LogP contribution is -2.26. The highest BCUT2D eigenvalue weighted by molar-refractivity contribution is 6.04. The van der Waals surface area contributed by atoms with Gasteiger partial charge < -0.3 is 4.74 Å². The first kappa shape index (κ1) is 13.7. The molecule has 1 heterocycles. The van der Waals surface area contributed by atoms with Gasteiger partial charge in [0.05, 0.1) is 17.0 Å². The summed E-state index contributed by atoms with van der Waals surface area (Å²) in [5.41, 5.74) is 0.270. The van der Waals surface area contributed by atoms with Crippen molar-refractivity contribution in [1.82, 2.24) is 0 Å². The highest BCUT2D eigenvalue weighted by atomic mass is 19.4. The van der Waals surface area contributed by atoms with E-state index in [-0.39, 0.29) is 12.4 Å². The van der Waals surface area contributed by atoms with Crippen molar-refractivity contribution in [3.63, 3.8) is 0 Å². The molecule has 0 saturated heterocycles. The van der Waals surface area contributed by atoms with Crippen molar-refractivity contribution in [2.75, 3.05) is 6.61 Å². The van der Waals surface area contributed by atoms with E-state index in [2.05, 4.69) is 0 Å². The minimum absolute atomic E-state index is 0.128. The summed E-state index contributed by atoms with van der Waals surface area (Å²) in [5.74, 6) is -0.176. The Balaban J connectivity index is 1.91. The number of hydrogen-bond acceptors (Lipinski definition) is 2. The van der Waals surface area contributed by atoms with Crippen LogP contribution in [-0.2, 0) is 6.18 Å². The minimum Gasteiger partial charge on any atom is -0.492 e. The molecule has 108 valence electrons. The Labute approximate surface area is 119 Å². The molecule has 5 heteroatoms. The highest BCUT2D eigenvalue weighted by Gasteiger charge is 2.32. The largest absolute Gasteiger partial charge is 0.492 e. The van der Waals surface area contributed by atoms with Gasteiger partial charge in [0.25, 0.3) is 0 Å². The number of hydrogen-bond donors (Lipinski definition) is 0. The Morgan fingerprint density at radius 3 is 2.33 bits per heavy atom. The Hall–Kier alpha value is -2.30. The van der Waals surface area contributed by atoms with E-state index in [0.717, 1.165) is 12.1 Å². The smallest absolute Gasteiger partial charge is 0.416 e. The van der Waals surface area contributed by atoms with Crippen molar-refractivity contribution in [3.8, 4) is 5.75 Å². The summed E-state index contributed by atoms with van der Waals surface area (Å²) >= 11 is 0. The number of benzene rings is 2. The number of halogens is 3. The molecule has 0 aromatic heterocycles. The topological polar surface area (TPSA) is 26.3 Å². The zero-order chi connectivity index (χ0) is 15.0. The molecule has 0 saturated carbocycles. The van der Waals surface area contributed by atoms with Crippen LogP contribution in [0, 0.1) is 0 Å². The van der Waals surface area contributed by atoms with Crippen molar-refractivity contribution in [1.29, 1.82) is 0 Å². The number of ketones is 1. The van der Waals surface area contributed by atoms with Gasteiger partial charge in [-0.25, -0.2) is 0 Å². The summed E-state index contributed by atoms with van der Waals surface area (Å²) in [7, 11) is 0. The summed E-state index contributed by atoms with van der Waals surface area (Å²) < 4.78 is 43.1. The maximum Gasteiger partial charge on any atom is 0.416 e. The van der Waals surface area contributed by atoms with Gasteiger partial charge >= 0.3 is 6.18 Å². The first-order valence-electron chi connectivity index (χ1n) is 6.40. The van der Waals surface area contributed by atoms with Gasteiger partial charge in [0.2, 0.25) is 0 Å². The van der Waals surface area contributed by atoms with Crippen LogP contribution < -0.4 is 4.74 Å². The second-order valence-electron chi connectivity index (χ2n) is 4.84. The molecule has 1 atom stereocenters. The molecule has 21 heavy (non-hydrogen) atoms. The summed E-state index contributed by atoms with van der Waals surface area (Å²) in [5, 5.41) is 0. The van der Waals surface area contributed by atoms with Crippen molar-refractivity contribution >= 4 is 5.78 Å². The van der Waals surface area contributed by atoms with Crippen molar-refractivity contribution < 1.29 is 22.7 Å². The van der Waals surface area contributed by atoms with Crippen LogP contribution in [0.4, 0.5) is 13.2 Å². The van der Waals surface area contributed by atoms with E-state index in [0.29, 0.717) is 16.9 Å². The molecule has 0 aliphatic carbocycles. The number of Topliss-reactive ketones (excluding diaryl/α,β-unsaturated/α-hetero) is 1. The van der Waals surface area contributed by atoms with Crippen LogP contribution in [-0.4, -0.2) is 12.4 Å². The molecule has 0 N–H and O–H groups in total. The van der Waals surface area contributed by atoms with Crippen molar-refractivity contribution in [3.05, 3.63) is 65.2 Å². The molecule has 0 fully saturated rings. The van der Waals surface area contributed by atoms with Gasteiger partial charge in [0.1, 0.15) is 12.4 Å². The summed E-state index contributed by atoms with van der Waals surface area (Å²) in [6.07, 6.45) is -4.38. The fraction of sp³-hybridized carbons (Fsp3) is 0.188. The third kappa shape index (κ3) is 2.51. The number of ether oxygens (including phenoxy) is 1. The summed E-state index contributed by atoms with van der Waals surface area (Å²) in [4.78, 5) is 12.4. The maximum atomic E-state index is 12.5. The highest BCUT2D eigenvalue weighted by Crippen LogP contribution is 2.34. The molecule has 0 radical (unpaired) electrons. The molecule has 3 rings (SSSR count). The Kier molecular flexibility index (Phi) is 3.20. The monoisotopic (exact) mass is 292 g/mol. The Morgan fingerprint density at radius 1 is 1.00 bits per heavy atom. The van der Waals surface area contributed by atoms with E-state index in [1.807, 2.05) is 0 Å². The minimum atomic E-state index is -4.38. The van der Waals surface area contributed by atoms with E-state index in [1.165, 1.54) is 12.1 Å². The van der Waals surface area contributed by atoms with E-state index >= 15 is 0 Å². The predicted octanol–water partition coefficient (Wildman–Crippen LogP) is 4.06. The molecule has 2 aromatic rings. The van der Waals surface area contributed by atoms with E-state index in [1.54, 1.807) is 24.3 Å². The van der Waals surface area contributed by atoms with Crippen molar-refractivity contribution in [2.45, 2.75) is 12.1 Å². The zero-order valence-corrected chi connectivity index (χ0v) is 10.9. The third-order valence-corrected chi connectivity index (χ3v) is 3.51. The van der Waals surface area contributed by atoms with Crippen LogP contribution in [0.3, 0.4) is 0 Å². The van der Waals surface area contributed by atoms with Crippen LogP contribution in [0.15, 0.2) is 48.5 Å². The van der Waals surface area contributed by atoms with Gasteiger partial charge in [-0.05, 0) is 29.8 Å².